The molecular weight excluding hydrogens is 234 g/mol. The summed E-state index contributed by atoms with van der Waals surface area (Å²) in [5.41, 5.74) is 3.80. The molecule has 0 amide bonds. The van der Waals surface area contributed by atoms with E-state index >= 15 is 0 Å². The summed E-state index contributed by atoms with van der Waals surface area (Å²) in [5.74, 6) is 0. The Morgan fingerprint density at radius 1 is 1.53 bits per heavy atom. The first-order chi connectivity index (χ1) is 8.20. The third-order valence-electron chi connectivity index (χ3n) is 2.60. The molecule has 1 atom stereocenters. The molecule has 0 bridgehead atoms. The Balaban J connectivity index is 2.16. The number of nitrogens with zero attached hydrogens (tertiary/aromatic N) is 2. The predicted octanol–water partition coefficient (Wildman–Crippen LogP) is 2.50. The largest absolute Gasteiger partial charge is 0.376 e. The second kappa shape index (κ2) is 5.14. The topological polar surface area (TPSA) is 46.9 Å². The summed E-state index contributed by atoms with van der Waals surface area (Å²) in [6.07, 6.45) is 1.84. The van der Waals surface area contributed by atoms with Gasteiger partial charge in [-0.05, 0) is 19.9 Å². The van der Waals surface area contributed by atoms with Crippen molar-refractivity contribution in [3.63, 3.8) is 0 Å². The number of hydrogen-bond donors (Lipinski definition) is 1. The maximum absolute atomic E-state index is 11.4. The van der Waals surface area contributed by atoms with Gasteiger partial charge in [0.25, 0.3) is 5.56 Å². The van der Waals surface area contributed by atoms with Crippen molar-refractivity contribution in [1.29, 1.82) is 0 Å². The van der Waals surface area contributed by atoms with Gasteiger partial charge in [-0.25, -0.2) is 4.98 Å². The first kappa shape index (κ1) is 11.9. The standard InChI is InChI=1S/C12H15N3OS/c1-3-15-6-10(4-5-12(15)16)14-9(2)11-7-17-8-13-11/h4-9,14H,3H2,1-2H3. The average molecular weight is 249 g/mol. The molecule has 0 aliphatic heterocycles. The fraction of sp³-hybridized carbons (Fsp3) is 0.333. The fourth-order valence-electron chi connectivity index (χ4n) is 1.62. The minimum Gasteiger partial charge on any atom is -0.376 e. The molecule has 0 aliphatic rings. The van der Waals surface area contributed by atoms with Gasteiger partial charge in [-0.3, -0.25) is 4.79 Å². The summed E-state index contributed by atoms with van der Waals surface area (Å²) in [5, 5.41) is 5.35. The number of aryl methyl sites for hydroxylation is 1. The zero-order chi connectivity index (χ0) is 12.3. The van der Waals surface area contributed by atoms with Gasteiger partial charge in [0.05, 0.1) is 22.9 Å². The van der Waals surface area contributed by atoms with Crippen LogP contribution in [0.2, 0.25) is 0 Å². The Bertz CT molecular complexity index is 533. The van der Waals surface area contributed by atoms with Crippen molar-refractivity contribution in [1.82, 2.24) is 9.55 Å². The summed E-state index contributed by atoms with van der Waals surface area (Å²) in [6.45, 7) is 4.69. The normalized spacial score (nSPS) is 12.4. The van der Waals surface area contributed by atoms with E-state index in [4.69, 9.17) is 0 Å². The quantitative estimate of drug-likeness (QED) is 0.905. The zero-order valence-electron chi connectivity index (χ0n) is 9.88. The second-order valence-electron chi connectivity index (χ2n) is 3.82. The van der Waals surface area contributed by atoms with Gasteiger partial charge in [0.15, 0.2) is 0 Å². The van der Waals surface area contributed by atoms with Crippen LogP contribution >= 0.6 is 11.3 Å². The highest BCUT2D eigenvalue weighted by Crippen LogP contribution is 2.17. The smallest absolute Gasteiger partial charge is 0.250 e. The van der Waals surface area contributed by atoms with E-state index < -0.39 is 0 Å². The molecule has 1 N–H and O–H groups in total. The average Bonchev–Trinajstić information content (AvgIpc) is 2.85. The van der Waals surface area contributed by atoms with Gasteiger partial charge in [-0.1, -0.05) is 0 Å². The lowest BCUT2D eigenvalue weighted by atomic mass is 10.2. The molecule has 0 aliphatic carbocycles. The number of aromatic nitrogens is 2. The summed E-state index contributed by atoms with van der Waals surface area (Å²) in [4.78, 5) is 15.7. The molecule has 2 rings (SSSR count). The monoisotopic (exact) mass is 249 g/mol. The molecule has 2 aromatic rings. The first-order valence-electron chi connectivity index (χ1n) is 5.56. The van der Waals surface area contributed by atoms with Crippen LogP contribution in [-0.2, 0) is 6.54 Å². The minimum atomic E-state index is 0.0272. The molecule has 0 fully saturated rings. The summed E-state index contributed by atoms with van der Waals surface area (Å²) in [7, 11) is 0. The Morgan fingerprint density at radius 2 is 2.35 bits per heavy atom. The molecule has 17 heavy (non-hydrogen) atoms. The van der Waals surface area contributed by atoms with E-state index in [2.05, 4.69) is 17.2 Å². The summed E-state index contributed by atoms with van der Waals surface area (Å²) in [6, 6.07) is 3.53. The van der Waals surface area contributed by atoms with Gasteiger partial charge in [0.2, 0.25) is 0 Å². The molecule has 0 spiro atoms. The Hall–Kier alpha value is -1.62. The van der Waals surface area contributed by atoms with E-state index in [1.165, 1.54) is 0 Å². The van der Waals surface area contributed by atoms with Gasteiger partial charge in [-0.15, -0.1) is 11.3 Å². The molecule has 2 aromatic heterocycles. The van der Waals surface area contributed by atoms with Crippen LogP contribution < -0.4 is 10.9 Å². The highest BCUT2D eigenvalue weighted by Gasteiger charge is 2.07. The van der Waals surface area contributed by atoms with Crippen LogP contribution in [0.5, 0.6) is 0 Å². The maximum atomic E-state index is 11.4. The fourth-order valence-corrected chi connectivity index (χ4v) is 2.27. The van der Waals surface area contributed by atoms with Crippen LogP contribution in [0.25, 0.3) is 0 Å². The van der Waals surface area contributed by atoms with E-state index in [0.717, 1.165) is 11.4 Å². The number of nitrogens with one attached hydrogen (secondary N) is 1. The van der Waals surface area contributed by atoms with E-state index in [-0.39, 0.29) is 11.6 Å². The molecule has 4 nitrogen and oxygen atoms in total. The molecular formula is C12H15N3OS. The van der Waals surface area contributed by atoms with Crippen molar-refractivity contribution < 1.29 is 0 Å². The predicted molar refractivity (Wildman–Crippen MR) is 70.5 cm³/mol. The van der Waals surface area contributed by atoms with Crippen molar-refractivity contribution in [3.8, 4) is 0 Å². The van der Waals surface area contributed by atoms with Crippen LogP contribution in [0.4, 0.5) is 5.69 Å². The molecule has 0 aromatic carbocycles. The Morgan fingerprint density at radius 3 is 3.00 bits per heavy atom. The van der Waals surface area contributed by atoms with Gasteiger partial charge in [0.1, 0.15) is 0 Å². The lowest BCUT2D eigenvalue weighted by Crippen LogP contribution is -2.18. The van der Waals surface area contributed by atoms with Crippen LogP contribution in [0.1, 0.15) is 25.6 Å². The lowest BCUT2D eigenvalue weighted by molar-refractivity contribution is 0.724. The van der Waals surface area contributed by atoms with Gasteiger partial charge >= 0.3 is 0 Å². The molecule has 5 heteroatoms. The van der Waals surface area contributed by atoms with Crippen molar-refractivity contribution in [2.45, 2.75) is 26.4 Å². The van der Waals surface area contributed by atoms with Gasteiger partial charge < -0.3 is 9.88 Å². The number of rotatable bonds is 4. The van der Waals surface area contributed by atoms with E-state index in [1.54, 1.807) is 28.0 Å². The van der Waals surface area contributed by atoms with Crippen molar-refractivity contribution in [2.75, 3.05) is 5.32 Å². The minimum absolute atomic E-state index is 0.0272. The zero-order valence-corrected chi connectivity index (χ0v) is 10.7. The van der Waals surface area contributed by atoms with E-state index in [1.807, 2.05) is 24.0 Å². The highest BCUT2D eigenvalue weighted by atomic mass is 32.1. The van der Waals surface area contributed by atoms with Crippen LogP contribution in [0, 0.1) is 0 Å². The Labute approximate surface area is 104 Å². The number of pyridine rings is 1. The lowest BCUT2D eigenvalue weighted by Gasteiger charge is -2.14. The summed E-state index contributed by atoms with van der Waals surface area (Å²) >= 11 is 1.58. The Kier molecular flexibility index (Phi) is 3.58. The van der Waals surface area contributed by atoms with Crippen LogP contribution in [0.3, 0.4) is 0 Å². The highest BCUT2D eigenvalue weighted by molar-refractivity contribution is 7.07. The summed E-state index contributed by atoms with van der Waals surface area (Å²) < 4.78 is 1.68. The number of hydrogen-bond acceptors (Lipinski definition) is 4. The number of anilines is 1. The van der Waals surface area contributed by atoms with Crippen molar-refractivity contribution in [2.24, 2.45) is 0 Å². The first-order valence-corrected chi connectivity index (χ1v) is 6.50. The molecule has 90 valence electrons. The van der Waals surface area contributed by atoms with Crippen LogP contribution in [0.15, 0.2) is 34.0 Å². The molecule has 0 saturated heterocycles. The van der Waals surface area contributed by atoms with Crippen LogP contribution in [-0.4, -0.2) is 9.55 Å². The number of thiazole rings is 1. The van der Waals surface area contributed by atoms with Crippen molar-refractivity contribution in [3.05, 3.63) is 45.3 Å². The molecule has 1 unspecified atom stereocenters. The third kappa shape index (κ3) is 2.74. The molecule has 0 radical (unpaired) electrons. The molecule has 0 saturated carbocycles. The van der Waals surface area contributed by atoms with Crippen molar-refractivity contribution >= 4 is 17.0 Å². The van der Waals surface area contributed by atoms with Gasteiger partial charge in [0, 0.05) is 24.2 Å². The van der Waals surface area contributed by atoms with E-state index in [9.17, 15) is 4.79 Å². The molecule has 2 heterocycles. The SMILES string of the molecule is CCn1cc(NC(C)c2cscn2)ccc1=O. The van der Waals surface area contributed by atoms with E-state index in [0.29, 0.717) is 6.54 Å². The third-order valence-corrected chi connectivity index (χ3v) is 3.21. The second-order valence-corrected chi connectivity index (χ2v) is 4.54. The van der Waals surface area contributed by atoms with Gasteiger partial charge in [-0.2, -0.15) is 0 Å². The maximum Gasteiger partial charge on any atom is 0.250 e.